The highest BCUT2D eigenvalue weighted by Crippen LogP contribution is 2.16. The second-order valence-corrected chi connectivity index (χ2v) is 4.95. The lowest BCUT2D eigenvalue weighted by atomic mass is 10.1. The first-order valence-corrected chi connectivity index (χ1v) is 7.04. The number of primary amides is 1. The SMILES string of the molecule is NC(=O)COCCNCC(=O)NC1CCCCCC1. The molecule has 0 aromatic heterocycles. The molecule has 1 aliphatic carbocycles. The quantitative estimate of drug-likeness (QED) is 0.425. The van der Waals surface area contributed by atoms with Crippen LogP contribution in [0.25, 0.3) is 0 Å². The Bertz CT molecular complexity index is 276. The maximum absolute atomic E-state index is 11.7. The van der Waals surface area contributed by atoms with Crippen LogP contribution in [-0.4, -0.2) is 44.2 Å². The number of amides is 2. The van der Waals surface area contributed by atoms with Gasteiger partial charge in [0.2, 0.25) is 11.8 Å². The van der Waals surface area contributed by atoms with Crippen molar-refractivity contribution in [2.75, 3.05) is 26.3 Å². The van der Waals surface area contributed by atoms with Crippen LogP contribution in [-0.2, 0) is 14.3 Å². The Balaban J connectivity index is 1.99. The van der Waals surface area contributed by atoms with E-state index in [9.17, 15) is 9.59 Å². The maximum Gasteiger partial charge on any atom is 0.243 e. The highest BCUT2D eigenvalue weighted by molar-refractivity contribution is 5.78. The van der Waals surface area contributed by atoms with E-state index in [4.69, 9.17) is 10.5 Å². The summed E-state index contributed by atoms with van der Waals surface area (Å²) in [5, 5.41) is 6.03. The van der Waals surface area contributed by atoms with E-state index in [1.165, 1.54) is 25.7 Å². The van der Waals surface area contributed by atoms with E-state index in [0.717, 1.165) is 12.8 Å². The predicted octanol–water partition coefficient (Wildman–Crippen LogP) is -0.0831. The van der Waals surface area contributed by atoms with Gasteiger partial charge in [-0.25, -0.2) is 0 Å². The summed E-state index contributed by atoms with van der Waals surface area (Å²) in [6.45, 7) is 1.12. The van der Waals surface area contributed by atoms with Gasteiger partial charge in [-0.05, 0) is 12.8 Å². The van der Waals surface area contributed by atoms with Crippen molar-refractivity contribution in [2.24, 2.45) is 5.73 Å². The third kappa shape index (κ3) is 8.56. The fraction of sp³-hybridized carbons (Fsp3) is 0.846. The maximum atomic E-state index is 11.7. The average Bonchev–Trinajstić information content (AvgIpc) is 2.62. The van der Waals surface area contributed by atoms with Gasteiger partial charge >= 0.3 is 0 Å². The molecule has 1 saturated carbocycles. The standard InChI is InChI=1S/C13H25N3O3/c14-12(17)10-19-8-7-15-9-13(18)16-11-5-3-1-2-4-6-11/h11,15H,1-10H2,(H2,14,17)(H,16,18). The first kappa shape index (κ1) is 15.9. The van der Waals surface area contributed by atoms with Gasteiger partial charge in [-0.3, -0.25) is 9.59 Å². The molecule has 0 bridgehead atoms. The summed E-state index contributed by atoms with van der Waals surface area (Å²) in [5.74, 6) is -0.451. The van der Waals surface area contributed by atoms with E-state index >= 15 is 0 Å². The molecule has 0 heterocycles. The van der Waals surface area contributed by atoms with E-state index in [0.29, 0.717) is 19.2 Å². The number of carbonyl (C=O) groups is 2. The van der Waals surface area contributed by atoms with Gasteiger partial charge in [0.15, 0.2) is 0 Å². The molecular formula is C13H25N3O3. The topological polar surface area (TPSA) is 93.5 Å². The first-order valence-electron chi connectivity index (χ1n) is 7.04. The third-order valence-corrected chi connectivity index (χ3v) is 3.17. The summed E-state index contributed by atoms with van der Waals surface area (Å²) in [6, 6.07) is 0.336. The minimum absolute atomic E-state index is 0.0294. The third-order valence-electron chi connectivity index (χ3n) is 3.17. The largest absolute Gasteiger partial charge is 0.370 e. The molecule has 0 unspecified atom stereocenters. The monoisotopic (exact) mass is 271 g/mol. The molecule has 6 nitrogen and oxygen atoms in total. The minimum Gasteiger partial charge on any atom is -0.370 e. The fourth-order valence-corrected chi connectivity index (χ4v) is 2.22. The zero-order chi connectivity index (χ0) is 13.9. The van der Waals surface area contributed by atoms with Crippen LogP contribution in [0.3, 0.4) is 0 Å². The van der Waals surface area contributed by atoms with Crippen LogP contribution in [0, 0.1) is 0 Å². The molecule has 0 aliphatic heterocycles. The minimum atomic E-state index is -0.480. The van der Waals surface area contributed by atoms with Crippen LogP contribution < -0.4 is 16.4 Å². The van der Waals surface area contributed by atoms with E-state index in [1.807, 2.05) is 0 Å². The Kier molecular flexibility index (Phi) is 8.16. The van der Waals surface area contributed by atoms with E-state index in [-0.39, 0.29) is 19.1 Å². The Morgan fingerprint density at radius 1 is 1.16 bits per heavy atom. The molecule has 0 aromatic carbocycles. The van der Waals surface area contributed by atoms with Crippen molar-refractivity contribution >= 4 is 11.8 Å². The number of carbonyl (C=O) groups excluding carboxylic acids is 2. The summed E-state index contributed by atoms with van der Waals surface area (Å²) >= 11 is 0. The number of rotatable bonds is 8. The molecule has 4 N–H and O–H groups in total. The van der Waals surface area contributed by atoms with Crippen LogP contribution in [0.15, 0.2) is 0 Å². The molecular weight excluding hydrogens is 246 g/mol. The molecule has 0 saturated heterocycles. The van der Waals surface area contributed by atoms with E-state index in [1.54, 1.807) is 0 Å². The molecule has 1 aliphatic rings. The number of hydrogen-bond acceptors (Lipinski definition) is 4. The average molecular weight is 271 g/mol. The summed E-state index contributed by atoms with van der Waals surface area (Å²) in [7, 11) is 0. The Labute approximate surface area is 114 Å². The zero-order valence-corrected chi connectivity index (χ0v) is 11.5. The van der Waals surface area contributed by atoms with Crippen LogP contribution >= 0.6 is 0 Å². The number of nitrogens with one attached hydrogen (secondary N) is 2. The smallest absolute Gasteiger partial charge is 0.243 e. The lowest BCUT2D eigenvalue weighted by Crippen LogP contribution is -2.41. The summed E-state index contributed by atoms with van der Waals surface area (Å²) < 4.78 is 4.97. The molecule has 0 aromatic rings. The first-order chi connectivity index (χ1) is 9.18. The van der Waals surface area contributed by atoms with Crippen molar-refractivity contribution in [2.45, 2.75) is 44.6 Å². The predicted molar refractivity (Wildman–Crippen MR) is 72.5 cm³/mol. The molecule has 19 heavy (non-hydrogen) atoms. The fourth-order valence-electron chi connectivity index (χ4n) is 2.22. The highest BCUT2D eigenvalue weighted by Gasteiger charge is 2.13. The van der Waals surface area contributed by atoms with Crippen molar-refractivity contribution in [1.29, 1.82) is 0 Å². The van der Waals surface area contributed by atoms with Gasteiger partial charge in [-0.1, -0.05) is 25.7 Å². The Hall–Kier alpha value is -1.14. The van der Waals surface area contributed by atoms with Gasteiger partial charge in [-0.2, -0.15) is 0 Å². The molecule has 1 fully saturated rings. The molecule has 110 valence electrons. The van der Waals surface area contributed by atoms with Gasteiger partial charge in [0.25, 0.3) is 0 Å². The van der Waals surface area contributed by atoms with E-state index in [2.05, 4.69) is 10.6 Å². The van der Waals surface area contributed by atoms with Gasteiger partial charge in [-0.15, -0.1) is 0 Å². The van der Waals surface area contributed by atoms with Crippen molar-refractivity contribution in [3.63, 3.8) is 0 Å². The van der Waals surface area contributed by atoms with Crippen LogP contribution in [0.1, 0.15) is 38.5 Å². The lowest BCUT2D eigenvalue weighted by molar-refractivity contribution is -0.123. The second kappa shape index (κ2) is 9.75. The highest BCUT2D eigenvalue weighted by atomic mass is 16.5. The van der Waals surface area contributed by atoms with Crippen molar-refractivity contribution in [3.05, 3.63) is 0 Å². The lowest BCUT2D eigenvalue weighted by Gasteiger charge is -2.16. The summed E-state index contributed by atoms with van der Waals surface area (Å²) in [6.07, 6.45) is 7.16. The second-order valence-electron chi connectivity index (χ2n) is 4.95. The van der Waals surface area contributed by atoms with Crippen molar-refractivity contribution in [3.8, 4) is 0 Å². The normalized spacial score (nSPS) is 16.8. The van der Waals surface area contributed by atoms with Gasteiger partial charge in [0.1, 0.15) is 6.61 Å². The molecule has 6 heteroatoms. The van der Waals surface area contributed by atoms with Gasteiger partial charge < -0.3 is 21.1 Å². The zero-order valence-electron chi connectivity index (χ0n) is 11.5. The Morgan fingerprint density at radius 3 is 2.47 bits per heavy atom. The molecule has 0 radical (unpaired) electrons. The number of ether oxygens (including phenoxy) is 1. The number of nitrogens with two attached hydrogens (primary N) is 1. The van der Waals surface area contributed by atoms with Crippen LogP contribution in [0.4, 0.5) is 0 Å². The van der Waals surface area contributed by atoms with Crippen LogP contribution in [0.5, 0.6) is 0 Å². The van der Waals surface area contributed by atoms with E-state index < -0.39 is 5.91 Å². The Morgan fingerprint density at radius 2 is 1.84 bits per heavy atom. The molecule has 0 atom stereocenters. The summed E-state index contributed by atoms with van der Waals surface area (Å²) in [4.78, 5) is 22.1. The van der Waals surface area contributed by atoms with Crippen LogP contribution in [0.2, 0.25) is 0 Å². The van der Waals surface area contributed by atoms with Gasteiger partial charge in [0, 0.05) is 12.6 Å². The molecule has 0 spiro atoms. The molecule has 1 rings (SSSR count). The molecule has 2 amide bonds. The summed E-state index contributed by atoms with van der Waals surface area (Å²) in [5.41, 5.74) is 4.92. The van der Waals surface area contributed by atoms with Gasteiger partial charge in [0.05, 0.1) is 13.2 Å². The van der Waals surface area contributed by atoms with Crippen molar-refractivity contribution < 1.29 is 14.3 Å². The number of hydrogen-bond donors (Lipinski definition) is 3. The van der Waals surface area contributed by atoms with Crippen molar-refractivity contribution in [1.82, 2.24) is 10.6 Å².